The van der Waals surface area contributed by atoms with Crippen molar-refractivity contribution in [3.05, 3.63) is 11.8 Å². The molecular weight excluding hydrogens is 128 g/mol. The first-order valence-electron chi connectivity index (χ1n) is 3.63. The van der Waals surface area contributed by atoms with Crippen molar-refractivity contribution in [2.24, 2.45) is 5.92 Å². The second-order valence-electron chi connectivity index (χ2n) is 2.64. The summed E-state index contributed by atoms with van der Waals surface area (Å²) in [4.78, 5) is 10.9. The fraction of sp³-hybridized carbons (Fsp3) is 0.625. The molecule has 10 heavy (non-hydrogen) atoms. The van der Waals surface area contributed by atoms with Crippen LogP contribution in [0.1, 0.15) is 26.7 Å². The third kappa shape index (κ3) is 1.20. The first-order chi connectivity index (χ1) is 4.75. The van der Waals surface area contributed by atoms with Crippen LogP contribution in [0.25, 0.3) is 0 Å². The molecule has 0 aromatic heterocycles. The number of hydrogen-bond donors (Lipinski definition) is 0. The molecule has 0 fully saturated rings. The van der Waals surface area contributed by atoms with Gasteiger partial charge in [0.15, 0.2) is 0 Å². The third-order valence-electron chi connectivity index (χ3n) is 1.77. The predicted molar refractivity (Wildman–Crippen MR) is 38.2 cm³/mol. The van der Waals surface area contributed by atoms with E-state index in [0.717, 1.165) is 18.4 Å². The number of rotatable bonds is 2. The summed E-state index contributed by atoms with van der Waals surface area (Å²) in [6.45, 7) is 4.00. The second-order valence-corrected chi connectivity index (χ2v) is 2.64. The quantitative estimate of drug-likeness (QED) is 0.547. The zero-order chi connectivity index (χ0) is 7.56. The van der Waals surface area contributed by atoms with E-state index in [0.29, 0.717) is 0 Å². The van der Waals surface area contributed by atoms with Crippen molar-refractivity contribution in [3.63, 3.8) is 0 Å². The number of esters is 1. The Kier molecular flexibility index (Phi) is 2.10. The summed E-state index contributed by atoms with van der Waals surface area (Å²) >= 11 is 0. The molecule has 0 saturated heterocycles. The Morgan fingerprint density at radius 3 is 2.80 bits per heavy atom. The molecule has 0 aliphatic carbocycles. The summed E-state index contributed by atoms with van der Waals surface area (Å²) < 4.78 is 4.73. The zero-order valence-corrected chi connectivity index (χ0v) is 6.39. The van der Waals surface area contributed by atoms with Crippen LogP contribution >= 0.6 is 0 Å². The molecule has 1 rings (SSSR count). The SMILES string of the molecule is CCCC1C(=O)OC=C1C. The van der Waals surface area contributed by atoms with Crippen molar-refractivity contribution in [1.29, 1.82) is 0 Å². The van der Waals surface area contributed by atoms with E-state index in [2.05, 4.69) is 6.92 Å². The van der Waals surface area contributed by atoms with Crippen molar-refractivity contribution in [1.82, 2.24) is 0 Å². The van der Waals surface area contributed by atoms with Gasteiger partial charge in [0.25, 0.3) is 0 Å². The molecule has 1 aliphatic heterocycles. The molecule has 1 unspecified atom stereocenters. The standard InChI is InChI=1S/C8H12O2/c1-3-4-7-6(2)5-10-8(7)9/h5,7H,3-4H2,1-2H3. The summed E-state index contributed by atoms with van der Waals surface area (Å²) in [5.41, 5.74) is 1.06. The van der Waals surface area contributed by atoms with Gasteiger partial charge in [-0.25, -0.2) is 0 Å². The fourth-order valence-corrected chi connectivity index (χ4v) is 1.14. The molecule has 0 spiro atoms. The van der Waals surface area contributed by atoms with E-state index in [9.17, 15) is 4.79 Å². The van der Waals surface area contributed by atoms with Crippen LogP contribution in [-0.2, 0) is 9.53 Å². The van der Waals surface area contributed by atoms with Crippen LogP contribution in [0.4, 0.5) is 0 Å². The molecule has 0 radical (unpaired) electrons. The van der Waals surface area contributed by atoms with Crippen molar-refractivity contribution in [2.45, 2.75) is 26.7 Å². The van der Waals surface area contributed by atoms with Gasteiger partial charge in [-0.1, -0.05) is 13.3 Å². The van der Waals surface area contributed by atoms with E-state index in [1.807, 2.05) is 6.92 Å². The highest BCUT2D eigenvalue weighted by atomic mass is 16.5. The molecule has 2 nitrogen and oxygen atoms in total. The molecule has 0 aromatic carbocycles. The van der Waals surface area contributed by atoms with Crippen LogP contribution in [0.2, 0.25) is 0 Å². The predicted octanol–water partition coefficient (Wildman–Crippen LogP) is 1.86. The summed E-state index contributed by atoms with van der Waals surface area (Å²) in [5, 5.41) is 0. The molecule has 0 N–H and O–H groups in total. The molecule has 2 heteroatoms. The van der Waals surface area contributed by atoms with Gasteiger partial charge in [0.05, 0.1) is 12.2 Å². The topological polar surface area (TPSA) is 26.3 Å². The van der Waals surface area contributed by atoms with E-state index in [-0.39, 0.29) is 11.9 Å². The molecule has 0 amide bonds. The number of cyclic esters (lactones) is 1. The molecule has 1 atom stereocenters. The van der Waals surface area contributed by atoms with Crippen LogP contribution in [0.5, 0.6) is 0 Å². The van der Waals surface area contributed by atoms with E-state index in [1.54, 1.807) is 6.26 Å². The van der Waals surface area contributed by atoms with E-state index >= 15 is 0 Å². The highest BCUT2D eigenvalue weighted by molar-refractivity contribution is 5.78. The van der Waals surface area contributed by atoms with Gasteiger partial charge in [-0.3, -0.25) is 4.79 Å². The minimum absolute atomic E-state index is 0.0463. The maximum absolute atomic E-state index is 10.9. The summed E-state index contributed by atoms with van der Waals surface area (Å²) in [7, 11) is 0. The summed E-state index contributed by atoms with van der Waals surface area (Å²) in [6, 6.07) is 0. The Balaban J connectivity index is 2.56. The maximum atomic E-state index is 10.9. The number of ether oxygens (including phenoxy) is 1. The largest absolute Gasteiger partial charge is 0.434 e. The summed E-state index contributed by atoms with van der Waals surface area (Å²) in [5.74, 6) is -0.0376. The molecular formula is C8H12O2. The van der Waals surface area contributed by atoms with Gasteiger partial charge >= 0.3 is 5.97 Å². The van der Waals surface area contributed by atoms with Gasteiger partial charge in [0.2, 0.25) is 0 Å². The van der Waals surface area contributed by atoms with Crippen molar-refractivity contribution in [2.75, 3.05) is 0 Å². The Bertz CT molecular complexity index is 170. The van der Waals surface area contributed by atoms with Crippen LogP contribution < -0.4 is 0 Å². The van der Waals surface area contributed by atoms with Gasteiger partial charge in [0, 0.05) is 0 Å². The van der Waals surface area contributed by atoms with Crippen LogP contribution in [-0.4, -0.2) is 5.97 Å². The lowest BCUT2D eigenvalue weighted by atomic mass is 9.98. The van der Waals surface area contributed by atoms with Crippen LogP contribution in [0.3, 0.4) is 0 Å². The highest BCUT2D eigenvalue weighted by Gasteiger charge is 2.25. The van der Waals surface area contributed by atoms with Gasteiger partial charge in [-0.05, 0) is 18.9 Å². The Labute approximate surface area is 60.9 Å². The van der Waals surface area contributed by atoms with E-state index in [1.165, 1.54) is 0 Å². The Morgan fingerprint density at radius 2 is 2.40 bits per heavy atom. The minimum atomic E-state index is -0.0839. The van der Waals surface area contributed by atoms with E-state index in [4.69, 9.17) is 4.74 Å². The molecule has 56 valence electrons. The smallest absolute Gasteiger partial charge is 0.317 e. The monoisotopic (exact) mass is 140 g/mol. The maximum Gasteiger partial charge on any atom is 0.317 e. The normalized spacial score (nSPS) is 24.4. The lowest BCUT2D eigenvalue weighted by molar-refractivity contribution is -0.139. The van der Waals surface area contributed by atoms with Gasteiger partial charge in [-0.15, -0.1) is 0 Å². The van der Waals surface area contributed by atoms with Gasteiger partial charge in [0.1, 0.15) is 0 Å². The van der Waals surface area contributed by atoms with Crippen molar-refractivity contribution in [3.8, 4) is 0 Å². The van der Waals surface area contributed by atoms with E-state index < -0.39 is 0 Å². The van der Waals surface area contributed by atoms with Crippen molar-refractivity contribution >= 4 is 5.97 Å². The van der Waals surface area contributed by atoms with Gasteiger partial charge < -0.3 is 4.74 Å². The van der Waals surface area contributed by atoms with Crippen LogP contribution in [0, 0.1) is 5.92 Å². The summed E-state index contributed by atoms with van der Waals surface area (Å²) in [6.07, 6.45) is 3.51. The molecule has 0 saturated carbocycles. The van der Waals surface area contributed by atoms with Gasteiger partial charge in [-0.2, -0.15) is 0 Å². The average Bonchev–Trinajstić information content (AvgIpc) is 2.20. The van der Waals surface area contributed by atoms with Crippen LogP contribution in [0.15, 0.2) is 11.8 Å². The minimum Gasteiger partial charge on any atom is -0.434 e. The van der Waals surface area contributed by atoms with Crippen molar-refractivity contribution < 1.29 is 9.53 Å². The number of carbonyl (C=O) groups is 1. The lowest BCUT2D eigenvalue weighted by Crippen LogP contribution is -2.09. The first kappa shape index (κ1) is 7.32. The average molecular weight is 140 g/mol. The molecule has 0 bridgehead atoms. The third-order valence-corrected chi connectivity index (χ3v) is 1.77. The molecule has 1 aliphatic rings. The zero-order valence-electron chi connectivity index (χ0n) is 6.39. The molecule has 1 heterocycles. The second kappa shape index (κ2) is 2.86. The number of hydrogen-bond acceptors (Lipinski definition) is 2. The Hall–Kier alpha value is -0.790. The first-order valence-corrected chi connectivity index (χ1v) is 3.63. The number of carbonyl (C=O) groups excluding carboxylic acids is 1. The lowest BCUT2D eigenvalue weighted by Gasteiger charge is -2.03. The fourth-order valence-electron chi connectivity index (χ4n) is 1.14. The Morgan fingerprint density at radius 1 is 1.70 bits per heavy atom. The molecule has 0 aromatic rings. The highest BCUT2D eigenvalue weighted by Crippen LogP contribution is 2.23.